The van der Waals surface area contributed by atoms with Crippen molar-refractivity contribution in [1.82, 2.24) is 5.06 Å². The Labute approximate surface area is 142 Å². The van der Waals surface area contributed by atoms with Crippen molar-refractivity contribution >= 4 is 17.6 Å². The summed E-state index contributed by atoms with van der Waals surface area (Å²) in [6, 6.07) is 10.0. The number of carbonyl (C=O) groups excluding carboxylic acids is 1. The van der Waals surface area contributed by atoms with E-state index in [0.717, 1.165) is 18.4 Å². The minimum Gasteiger partial charge on any atom is -0.367 e. The molecule has 0 bridgehead atoms. The smallest absolute Gasteiger partial charge is 0.330 e. The maximum absolute atomic E-state index is 12.0. The summed E-state index contributed by atoms with van der Waals surface area (Å²) in [4.78, 5) is 17.5. The van der Waals surface area contributed by atoms with Crippen molar-refractivity contribution in [2.24, 2.45) is 5.41 Å². The summed E-state index contributed by atoms with van der Waals surface area (Å²) in [5.74, 6) is -0.229. The van der Waals surface area contributed by atoms with Gasteiger partial charge < -0.3 is 4.84 Å². The lowest BCUT2D eigenvalue weighted by Crippen LogP contribution is -2.44. The highest BCUT2D eigenvalue weighted by Crippen LogP contribution is 2.39. The van der Waals surface area contributed by atoms with E-state index in [4.69, 9.17) is 16.4 Å². The molecular weight excluding hydrogens is 312 g/mol. The second kappa shape index (κ2) is 6.90. The third-order valence-corrected chi connectivity index (χ3v) is 4.59. The summed E-state index contributed by atoms with van der Waals surface area (Å²) in [6.45, 7) is 6.76. The molecule has 0 atom stereocenters. The zero-order valence-electron chi connectivity index (χ0n) is 13.9. The van der Waals surface area contributed by atoms with E-state index in [0.29, 0.717) is 24.5 Å². The molecule has 1 saturated heterocycles. The molecule has 0 unspecified atom stereocenters. The van der Waals surface area contributed by atoms with Crippen LogP contribution >= 0.6 is 11.6 Å². The lowest BCUT2D eigenvalue weighted by Gasteiger charge is -2.40. The predicted molar refractivity (Wildman–Crippen MR) is 89.7 cm³/mol. The van der Waals surface area contributed by atoms with Gasteiger partial charge in [-0.15, -0.1) is 5.06 Å². The highest BCUT2D eigenvalue weighted by atomic mass is 35.5. The van der Waals surface area contributed by atoms with Crippen LogP contribution in [-0.4, -0.2) is 24.1 Å². The Morgan fingerprint density at radius 1 is 1.39 bits per heavy atom. The fraction of sp³-hybridized carbons (Fsp3) is 0.556. The maximum Gasteiger partial charge on any atom is 0.330 e. The van der Waals surface area contributed by atoms with Crippen LogP contribution in [0.1, 0.15) is 45.6 Å². The normalized spacial score (nSPS) is 18.2. The maximum atomic E-state index is 12.0. The number of nitriles is 1. The van der Waals surface area contributed by atoms with Gasteiger partial charge in [0.15, 0.2) is 0 Å². The van der Waals surface area contributed by atoms with Gasteiger partial charge in [-0.1, -0.05) is 23.7 Å². The third kappa shape index (κ3) is 4.25. The number of hydrogen-bond acceptors (Lipinski definition) is 4. The molecule has 4 nitrogen and oxygen atoms in total. The molecule has 124 valence electrons. The van der Waals surface area contributed by atoms with Gasteiger partial charge in [-0.3, -0.25) is 0 Å². The van der Waals surface area contributed by atoms with Crippen molar-refractivity contribution in [1.29, 1.82) is 5.26 Å². The molecule has 5 heteroatoms. The molecule has 1 aromatic rings. The number of benzene rings is 1. The monoisotopic (exact) mass is 334 g/mol. The van der Waals surface area contributed by atoms with Crippen LogP contribution in [-0.2, 0) is 15.0 Å². The molecule has 1 heterocycles. The molecular formula is C18H23ClN2O2. The molecule has 1 fully saturated rings. The molecule has 23 heavy (non-hydrogen) atoms. The number of carbonyl (C=O) groups is 1. The lowest BCUT2D eigenvalue weighted by molar-refractivity contribution is -0.207. The van der Waals surface area contributed by atoms with E-state index in [1.807, 2.05) is 45.0 Å². The van der Waals surface area contributed by atoms with E-state index < -0.39 is 5.41 Å². The van der Waals surface area contributed by atoms with Crippen molar-refractivity contribution in [3.05, 3.63) is 34.9 Å². The molecule has 1 aliphatic heterocycles. The SMILES string of the molecule is CC(C)(C)C(=O)ON1CCC(CC#N)(c2cccc(Cl)c2)CC1. The minimum atomic E-state index is -0.520. The molecule has 0 radical (unpaired) electrons. The predicted octanol–water partition coefficient (Wildman–Crippen LogP) is 4.09. The Balaban J connectivity index is 2.10. The van der Waals surface area contributed by atoms with Crippen LogP contribution in [0.5, 0.6) is 0 Å². The highest BCUT2D eigenvalue weighted by molar-refractivity contribution is 6.30. The molecule has 0 aromatic heterocycles. The molecule has 0 aliphatic carbocycles. The van der Waals surface area contributed by atoms with Gasteiger partial charge in [-0.05, 0) is 51.3 Å². The Bertz CT molecular complexity index is 608. The van der Waals surface area contributed by atoms with Crippen molar-refractivity contribution in [3.8, 4) is 6.07 Å². The first kappa shape index (κ1) is 17.8. The number of rotatable bonds is 3. The van der Waals surface area contributed by atoms with Gasteiger partial charge in [0.2, 0.25) is 0 Å². The van der Waals surface area contributed by atoms with Crippen LogP contribution in [0, 0.1) is 16.7 Å². The van der Waals surface area contributed by atoms with E-state index in [1.54, 1.807) is 5.06 Å². The molecule has 1 aromatic carbocycles. The number of halogens is 1. The van der Waals surface area contributed by atoms with Gasteiger partial charge >= 0.3 is 5.97 Å². The summed E-state index contributed by atoms with van der Waals surface area (Å²) in [5.41, 5.74) is 0.353. The van der Waals surface area contributed by atoms with Gasteiger partial charge in [0.1, 0.15) is 0 Å². The first-order valence-electron chi connectivity index (χ1n) is 7.87. The van der Waals surface area contributed by atoms with E-state index >= 15 is 0 Å². The Kier molecular flexibility index (Phi) is 5.33. The zero-order valence-corrected chi connectivity index (χ0v) is 14.7. The van der Waals surface area contributed by atoms with Crippen LogP contribution in [0.25, 0.3) is 0 Å². The Hall–Kier alpha value is -1.57. The van der Waals surface area contributed by atoms with Crippen LogP contribution < -0.4 is 0 Å². The molecule has 0 saturated carbocycles. The molecule has 2 rings (SSSR count). The zero-order chi connectivity index (χ0) is 17.1. The summed E-state index contributed by atoms with van der Waals surface area (Å²) in [7, 11) is 0. The van der Waals surface area contributed by atoms with Gasteiger partial charge in [0.25, 0.3) is 0 Å². The molecule has 0 spiro atoms. The van der Waals surface area contributed by atoms with Gasteiger partial charge in [-0.2, -0.15) is 5.26 Å². The fourth-order valence-corrected chi connectivity index (χ4v) is 2.99. The van der Waals surface area contributed by atoms with Crippen molar-refractivity contribution < 1.29 is 9.63 Å². The standard InChI is InChI=1S/C18H23ClN2O2/c1-17(2,3)16(22)23-21-11-8-18(7-10-20,9-12-21)14-5-4-6-15(19)13-14/h4-6,13H,7-9,11-12H2,1-3H3. The topological polar surface area (TPSA) is 53.3 Å². The van der Waals surface area contributed by atoms with Crippen LogP contribution in [0.15, 0.2) is 24.3 Å². The Morgan fingerprint density at radius 2 is 2.04 bits per heavy atom. The van der Waals surface area contributed by atoms with Gasteiger partial charge in [-0.25, -0.2) is 4.79 Å². The minimum absolute atomic E-state index is 0.218. The van der Waals surface area contributed by atoms with Crippen LogP contribution in [0.4, 0.5) is 0 Å². The average molecular weight is 335 g/mol. The summed E-state index contributed by atoms with van der Waals surface area (Å²) < 4.78 is 0. The van der Waals surface area contributed by atoms with E-state index in [2.05, 4.69) is 6.07 Å². The second-order valence-corrected chi connectivity index (χ2v) is 7.62. The van der Waals surface area contributed by atoms with Crippen molar-refractivity contribution in [2.75, 3.05) is 13.1 Å². The summed E-state index contributed by atoms with van der Waals surface area (Å²) >= 11 is 6.11. The van der Waals surface area contributed by atoms with Crippen molar-refractivity contribution in [3.63, 3.8) is 0 Å². The first-order valence-corrected chi connectivity index (χ1v) is 8.25. The fourth-order valence-electron chi connectivity index (χ4n) is 2.80. The number of hydroxylamine groups is 2. The van der Waals surface area contributed by atoms with Crippen molar-refractivity contribution in [2.45, 2.75) is 45.4 Å². The Morgan fingerprint density at radius 3 is 2.57 bits per heavy atom. The average Bonchev–Trinajstić information content (AvgIpc) is 2.48. The quantitative estimate of drug-likeness (QED) is 0.835. The van der Waals surface area contributed by atoms with Crippen LogP contribution in [0.3, 0.4) is 0 Å². The highest BCUT2D eigenvalue weighted by Gasteiger charge is 2.38. The molecule has 1 aliphatic rings. The first-order chi connectivity index (χ1) is 10.8. The largest absolute Gasteiger partial charge is 0.367 e. The van der Waals surface area contributed by atoms with E-state index in [9.17, 15) is 10.1 Å². The van der Waals surface area contributed by atoms with Crippen LogP contribution in [0.2, 0.25) is 5.02 Å². The number of nitrogens with zero attached hydrogens (tertiary/aromatic N) is 2. The summed E-state index contributed by atoms with van der Waals surface area (Å²) in [5, 5.41) is 11.6. The second-order valence-electron chi connectivity index (χ2n) is 7.18. The lowest BCUT2D eigenvalue weighted by atomic mass is 9.71. The molecule has 0 amide bonds. The van der Waals surface area contributed by atoms with Gasteiger partial charge in [0.05, 0.1) is 11.5 Å². The van der Waals surface area contributed by atoms with E-state index in [1.165, 1.54) is 0 Å². The summed E-state index contributed by atoms with van der Waals surface area (Å²) in [6.07, 6.45) is 1.96. The molecule has 0 N–H and O–H groups in total. The third-order valence-electron chi connectivity index (χ3n) is 4.36. The van der Waals surface area contributed by atoms with Gasteiger partial charge in [0, 0.05) is 29.9 Å². The number of hydrogen-bond donors (Lipinski definition) is 0. The number of piperidine rings is 1. The van der Waals surface area contributed by atoms with E-state index in [-0.39, 0.29) is 11.4 Å².